The average molecular weight is 210 g/mol. The van der Waals surface area contributed by atoms with Gasteiger partial charge in [-0.2, -0.15) is 8.78 Å². The summed E-state index contributed by atoms with van der Waals surface area (Å²) in [5, 5.41) is 8.24. The number of carbonyl (C=O) groups is 1. The highest BCUT2D eigenvalue weighted by molar-refractivity contribution is 5.75. The van der Waals surface area contributed by atoms with Crippen LogP contribution in [0.4, 0.5) is 8.78 Å². The Hall–Kier alpha value is -1.89. The molecule has 0 unspecified atom stereocenters. The van der Waals surface area contributed by atoms with Gasteiger partial charge < -0.3 is 5.11 Å². The molecule has 0 fully saturated rings. The molecule has 2 nitrogen and oxygen atoms in total. The number of carboxylic acids is 1. The lowest BCUT2D eigenvalue weighted by Gasteiger charge is -2.10. The second kappa shape index (κ2) is 4.09. The molecule has 15 heavy (non-hydrogen) atoms. The lowest BCUT2D eigenvalue weighted by atomic mass is 10.0. The van der Waals surface area contributed by atoms with Crippen molar-refractivity contribution < 1.29 is 18.7 Å². The predicted octanol–water partition coefficient (Wildman–Crippen LogP) is 1.93. The van der Waals surface area contributed by atoms with Gasteiger partial charge in [0.1, 0.15) is 0 Å². The largest absolute Gasteiger partial charge is 0.477 e. The summed E-state index contributed by atoms with van der Waals surface area (Å²) >= 11 is 0. The molecule has 0 aromatic heterocycles. The topological polar surface area (TPSA) is 37.3 Å². The summed E-state index contributed by atoms with van der Waals surface area (Å²) < 4.78 is 25.6. The lowest BCUT2D eigenvalue weighted by Crippen LogP contribution is -2.30. The fourth-order valence-corrected chi connectivity index (χ4v) is 1.10. The van der Waals surface area contributed by atoms with E-state index < -0.39 is 18.3 Å². The number of benzene rings is 1. The van der Waals surface area contributed by atoms with E-state index >= 15 is 0 Å². The van der Waals surface area contributed by atoms with Gasteiger partial charge in [0.15, 0.2) is 0 Å². The minimum atomic E-state index is -3.76. The Balaban J connectivity index is 2.91. The molecule has 0 atom stereocenters. The third-order valence-electron chi connectivity index (χ3n) is 1.83. The van der Waals surface area contributed by atoms with Crippen molar-refractivity contribution in [2.75, 3.05) is 0 Å². The zero-order valence-electron chi connectivity index (χ0n) is 7.71. The van der Waals surface area contributed by atoms with Crippen LogP contribution in [0.25, 0.3) is 0 Å². The van der Waals surface area contributed by atoms with Crippen LogP contribution in [0.3, 0.4) is 0 Å². The maximum atomic E-state index is 12.8. The van der Waals surface area contributed by atoms with Gasteiger partial charge in [-0.25, -0.2) is 4.79 Å². The first-order valence-corrected chi connectivity index (χ1v) is 4.12. The number of alkyl halides is 2. The van der Waals surface area contributed by atoms with Gasteiger partial charge in [-0.3, -0.25) is 0 Å². The van der Waals surface area contributed by atoms with Crippen LogP contribution in [0.5, 0.6) is 0 Å². The highest BCUT2D eigenvalue weighted by atomic mass is 19.3. The third-order valence-corrected chi connectivity index (χ3v) is 1.83. The van der Waals surface area contributed by atoms with Crippen LogP contribution in [0, 0.1) is 12.3 Å². The van der Waals surface area contributed by atoms with Crippen molar-refractivity contribution in [3.05, 3.63) is 35.4 Å². The minimum Gasteiger partial charge on any atom is -0.477 e. The van der Waals surface area contributed by atoms with E-state index in [0.717, 1.165) is 0 Å². The van der Waals surface area contributed by atoms with Crippen molar-refractivity contribution in [2.45, 2.75) is 12.3 Å². The Morgan fingerprint density at radius 3 is 2.73 bits per heavy atom. The number of hydrogen-bond acceptors (Lipinski definition) is 1. The maximum absolute atomic E-state index is 12.8. The summed E-state index contributed by atoms with van der Waals surface area (Å²) in [5.41, 5.74) is 0.659. The zero-order valence-corrected chi connectivity index (χ0v) is 7.71. The van der Waals surface area contributed by atoms with Gasteiger partial charge in [0.2, 0.25) is 0 Å². The number of hydrogen-bond donors (Lipinski definition) is 1. The summed E-state index contributed by atoms with van der Waals surface area (Å²) in [6.45, 7) is 0. The molecule has 0 spiro atoms. The van der Waals surface area contributed by atoms with Crippen LogP contribution in [-0.2, 0) is 11.2 Å². The van der Waals surface area contributed by atoms with E-state index in [2.05, 4.69) is 5.92 Å². The highest BCUT2D eigenvalue weighted by Gasteiger charge is 2.38. The van der Waals surface area contributed by atoms with E-state index in [0.29, 0.717) is 5.56 Å². The Labute approximate surface area is 85.5 Å². The highest BCUT2D eigenvalue weighted by Crippen LogP contribution is 2.20. The molecule has 0 radical (unpaired) electrons. The normalized spacial score (nSPS) is 10.7. The van der Waals surface area contributed by atoms with Gasteiger partial charge >= 0.3 is 11.9 Å². The molecule has 0 aliphatic rings. The minimum absolute atomic E-state index is 0.206. The molecule has 78 valence electrons. The second-order valence-corrected chi connectivity index (χ2v) is 3.03. The first-order chi connectivity index (χ1) is 6.95. The Kier molecular flexibility index (Phi) is 3.05. The van der Waals surface area contributed by atoms with Crippen molar-refractivity contribution in [1.82, 2.24) is 0 Å². The summed E-state index contributed by atoms with van der Waals surface area (Å²) in [6.07, 6.45) is 4.24. The third kappa shape index (κ3) is 2.78. The fourth-order valence-electron chi connectivity index (χ4n) is 1.10. The average Bonchev–Trinajstić information content (AvgIpc) is 2.17. The number of carboxylic acid groups (broad SMARTS) is 1. The fraction of sp³-hybridized carbons (Fsp3) is 0.182. The molecule has 0 aliphatic carbocycles. The quantitative estimate of drug-likeness (QED) is 0.774. The molecule has 0 saturated heterocycles. The molecule has 0 amide bonds. The summed E-state index contributed by atoms with van der Waals surface area (Å²) in [5.74, 6) is -3.60. The summed E-state index contributed by atoms with van der Waals surface area (Å²) in [4.78, 5) is 10.2. The van der Waals surface area contributed by atoms with E-state index in [-0.39, 0.29) is 5.56 Å². The van der Waals surface area contributed by atoms with Crippen molar-refractivity contribution in [3.8, 4) is 12.3 Å². The van der Waals surface area contributed by atoms with Crippen LogP contribution in [0.15, 0.2) is 24.3 Å². The number of terminal acetylenes is 1. The molecule has 4 heteroatoms. The van der Waals surface area contributed by atoms with Gasteiger partial charge in [0.25, 0.3) is 0 Å². The summed E-state index contributed by atoms with van der Waals surface area (Å²) in [6, 6.07) is 5.89. The lowest BCUT2D eigenvalue weighted by molar-refractivity contribution is -0.164. The standard InChI is InChI=1S/C11H8F2O2/c1-2-8-4-3-5-9(6-8)7-11(12,13)10(14)15/h1,3-6H,7H2,(H,14,15). The molecule has 0 heterocycles. The monoisotopic (exact) mass is 210 g/mol. The number of halogens is 2. The van der Waals surface area contributed by atoms with Crippen molar-refractivity contribution >= 4 is 5.97 Å². The Morgan fingerprint density at radius 1 is 1.53 bits per heavy atom. The van der Waals surface area contributed by atoms with Crippen LogP contribution in [0.2, 0.25) is 0 Å². The molecular weight excluding hydrogens is 202 g/mol. The number of rotatable bonds is 3. The van der Waals surface area contributed by atoms with E-state index in [4.69, 9.17) is 11.5 Å². The number of aliphatic carboxylic acids is 1. The molecule has 1 N–H and O–H groups in total. The van der Waals surface area contributed by atoms with E-state index in [1.165, 1.54) is 18.2 Å². The van der Waals surface area contributed by atoms with Gasteiger partial charge in [-0.15, -0.1) is 6.42 Å². The predicted molar refractivity (Wildman–Crippen MR) is 50.7 cm³/mol. The van der Waals surface area contributed by atoms with Crippen molar-refractivity contribution in [2.24, 2.45) is 0 Å². The zero-order chi connectivity index (χ0) is 11.5. The van der Waals surface area contributed by atoms with E-state index in [1.807, 2.05) is 0 Å². The SMILES string of the molecule is C#Cc1cccc(CC(F)(F)C(=O)O)c1. The maximum Gasteiger partial charge on any atom is 0.374 e. The first kappa shape index (κ1) is 11.2. The van der Waals surface area contributed by atoms with E-state index in [9.17, 15) is 13.6 Å². The molecule has 1 aromatic carbocycles. The molecular formula is C11H8F2O2. The Bertz CT molecular complexity index is 419. The Morgan fingerprint density at radius 2 is 2.20 bits per heavy atom. The van der Waals surface area contributed by atoms with Crippen LogP contribution in [0.1, 0.15) is 11.1 Å². The molecule has 1 rings (SSSR count). The van der Waals surface area contributed by atoms with Crippen LogP contribution >= 0.6 is 0 Å². The smallest absolute Gasteiger partial charge is 0.374 e. The van der Waals surface area contributed by atoms with Gasteiger partial charge in [-0.1, -0.05) is 18.1 Å². The van der Waals surface area contributed by atoms with Gasteiger partial charge in [0, 0.05) is 12.0 Å². The van der Waals surface area contributed by atoms with Gasteiger partial charge in [-0.05, 0) is 17.7 Å². The molecule has 0 saturated carbocycles. The molecule has 0 aliphatic heterocycles. The summed E-state index contributed by atoms with van der Waals surface area (Å²) in [7, 11) is 0. The second-order valence-electron chi connectivity index (χ2n) is 3.03. The van der Waals surface area contributed by atoms with Crippen LogP contribution < -0.4 is 0 Å². The first-order valence-electron chi connectivity index (χ1n) is 4.12. The van der Waals surface area contributed by atoms with Gasteiger partial charge in [0.05, 0.1) is 0 Å². The van der Waals surface area contributed by atoms with Crippen molar-refractivity contribution in [3.63, 3.8) is 0 Å². The van der Waals surface area contributed by atoms with Crippen LogP contribution in [-0.4, -0.2) is 17.0 Å². The van der Waals surface area contributed by atoms with Crippen molar-refractivity contribution in [1.29, 1.82) is 0 Å². The molecule has 1 aromatic rings. The molecule has 0 bridgehead atoms. The van der Waals surface area contributed by atoms with E-state index in [1.54, 1.807) is 6.07 Å².